The zero-order chi connectivity index (χ0) is 47.4. The largest absolute Gasteiger partial charge is 0.441 e. The number of hydrogen-bond acceptors (Lipinski definition) is 13. The molecule has 2 aliphatic rings. The Balaban J connectivity index is 0.000000407. The number of pyridine rings is 2. The first kappa shape index (κ1) is 59.5. The topological polar surface area (TPSA) is 204 Å². The molecule has 0 saturated heterocycles. The maximum atomic E-state index is 10.7. The molecule has 65 heavy (non-hydrogen) atoms. The molecule has 8 rings (SSSR count). The van der Waals surface area contributed by atoms with Crippen LogP contribution in [0.4, 0.5) is 13.2 Å². The molecule has 0 aliphatic carbocycles. The summed E-state index contributed by atoms with van der Waals surface area (Å²) in [6, 6.07) is 11.2. The standard InChI is InChI=1S/2C11H7N5.2C8H15N2.CHF3O3S.Ag.2Au.BrH.ClH/c2*1-2-8(10-12-4-5-13-10)16-9(3-1)11-14-6-7-15-11;2*1-3-4-5-10-7-6-9(2)8-10;2-1(3,4)8(5,6)7;;;;;/h2*1-7H;2*6-8H,3-5H2,1-2H3;(H,5,6,7);;;;2*1H/q2*-2;2*-1;;2*+1;+3;;/p-3. The van der Waals surface area contributed by atoms with Gasteiger partial charge >= 0.3 is 89.0 Å². The molecule has 0 saturated carbocycles. The summed E-state index contributed by atoms with van der Waals surface area (Å²) in [7, 11) is 2.58. The van der Waals surface area contributed by atoms with Crippen molar-refractivity contribution in [3.63, 3.8) is 0 Å². The van der Waals surface area contributed by atoms with E-state index in [4.69, 9.17) is 13.0 Å². The molecule has 6 aromatic heterocycles. The second-order valence-corrected chi connectivity index (χ2v) is 13.9. The van der Waals surface area contributed by atoms with Gasteiger partial charge in [0.05, 0.1) is 22.8 Å². The number of halogens is 5. The summed E-state index contributed by atoms with van der Waals surface area (Å²) in [4.78, 5) is 50.1. The minimum atomic E-state index is -6.09. The van der Waals surface area contributed by atoms with E-state index in [9.17, 15) is 13.2 Å². The molecule has 2 aliphatic heterocycles. The number of hydrogen-bond donors (Lipinski definition) is 0. The van der Waals surface area contributed by atoms with Crippen LogP contribution in [-0.4, -0.2) is 95.2 Å². The number of nitrogens with zero attached hydrogens (tertiary/aromatic N) is 14. The van der Waals surface area contributed by atoms with Crippen molar-refractivity contribution < 1.29 is 87.4 Å². The van der Waals surface area contributed by atoms with Crippen molar-refractivity contribution in [2.45, 2.75) is 45.0 Å². The van der Waals surface area contributed by atoms with E-state index >= 15 is 0 Å². The van der Waals surface area contributed by atoms with Crippen LogP contribution in [0.5, 0.6) is 0 Å². The van der Waals surface area contributed by atoms with Crippen LogP contribution >= 0.6 is 22.2 Å². The first-order valence-electron chi connectivity index (χ1n) is 18.7. The van der Waals surface area contributed by atoms with Crippen molar-refractivity contribution in [1.29, 1.82) is 0 Å². The number of aromatic nitrogens is 10. The van der Waals surface area contributed by atoms with Crippen LogP contribution in [-0.2, 0) is 71.4 Å². The molecule has 8 heterocycles. The molecule has 0 spiro atoms. The fourth-order valence-electron chi connectivity index (χ4n) is 4.81. The monoisotopic (exact) mass is 1460 g/mol. The second-order valence-electron chi connectivity index (χ2n) is 12.6. The van der Waals surface area contributed by atoms with Crippen LogP contribution in [0.25, 0.3) is 46.1 Å². The Morgan fingerprint density at radius 1 is 0.662 bits per heavy atom. The predicted octanol–water partition coefficient (Wildman–Crippen LogP) is 7.07. The molecular weight excluding hydrogens is 1420 g/mol. The van der Waals surface area contributed by atoms with E-state index in [1.165, 1.54) is 25.7 Å². The second kappa shape index (κ2) is 33.1. The molecule has 366 valence electrons. The molecule has 0 bridgehead atoms. The van der Waals surface area contributed by atoms with E-state index in [0.717, 1.165) is 35.9 Å². The van der Waals surface area contributed by atoms with E-state index in [-0.39, 0.29) is 22.4 Å². The molecular formula is C39H44AgAu2BrClF3N14O3S-4. The number of unbranched alkanes of at least 4 members (excludes halogenated alkanes) is 2. The minimum Gasteiger partial charge on any atom is -0.441 e. The molecule has 26 heteroatoms. The van der Waals surface area contributed by atoms with E-state index in [2.05, 4.69) is 163 Å². The Kier molecular flexibility index (Phi) is 30.3. The van der Waals surface area contributed by atoms with Crippen molar-refractivity contribution in [2.24, 2.45) is 0 Å². The van der Waals surface area contributed by atoms with Crippen LogP contribution in [0.2, 0.25) is 0 Å². The van der Waals surface area contributed by atoms with Gasteiger partial charge in [-0.1, -0.05) is 88.4 Å². The van der Waals surface area contributed by atoms with Gasteiger partial charge in [-0.05, 0) is 112 Å². The zero-order valence-corrected chi connectivity index (χ0v) is 44.0. The van der Waals surface area contributed by atoms with Crippen LogP contribution in [0.15, 0.2) is 111 Å². The normalized spacial score (nSPS) is 12.3. The third kappa shape index (κ3) is 22.7. The van der Waals surface area contributed by atoms with Gasteiger partial charge in [0.25, 0.3) is 0 Å². The fraction of sp³-hybridized carbons (Fsp3) is 0.282. The van der Waals surface area contributed by atoms with Gasteiger partial charge in [-0.2, -0.15) is 26.5 Å². The number of imidazole rings is 4. The van der Waals surface area contributed by atoms with Gasteiger partial charge < -0.3 is 64.0 Å². The first-order valence-corrected chi connectivity index (χ1v) is 26.2. The third-order valence-corrected chi connectivity index (χ3v) is 8.29. The molecule has 6 aromatic rings. The Labute approximate surface area is 427 Å². The molecule has 0 unspecified atom stereocenters. The van der Waals surface area contributed by atoms with Gasteiger partial charge in [-0.3, -0.25) is 0 Å². The summed E-state index contributed by atoms with van der Waals surface area (Å²) < 4.78 is 58.9. The van der Waals surface area contributed by atoms with Gasteiger partial charge in [0.15, 0.2) is 10.1 Å². The molecule has 17 nitrogen and oxygen atoms in total. The Morgan fingerprint density at radius 3 is 1.12 bits per heavy atom. The Hall–Kier alpha value is -3.49. The van der Waals surface area contributed by atoms with E-state index in [1.54, 1.807) is 69.6 Å². The van der Waals surface area contributed by atoms with Crippen molar-refractivity contribution in [2.75, 3.05) is 27.2 Å². The van der Waals surface area contributed by atoms with E-state index in [0.29, 0.717) is 23.3 Å². The van der Waals surface area contributed by atoms with Crippen molar-refractivity contribution in [3.8, 4) is 46.1 Å². The Bertz CT molecular complexity index is 2030. The summed E-state index contributed by atoms with van der Waals surface area (Å²) in [5, 5.41) is 0. The van der Waals surface area contributed by atoms with Crippen molar-refractivity contribution >= 4 is 32.3 Å². The minimum absolute atomic E-state index is 0. The first-order chi connectivity index (χ1) is 30.8. The summed E-state index contributed by atoms with van der Waals surface area (Å²) in [6.45, 7) is 10.9. The van der Waals surface area contributed by atoms with Gasteiger partial charge in [0.1, 0.15) is 0 Å². The van der Waals surface area contributed by atoms with Crippen LogP contribution in [0.1, 0.15) is 39.5 Å². The average Bonchev–Trinajstić information content (AvgIpc) is 4.16. The van der Waals surface area contributed by atoms with E-state index < -0.39 is 15.6 Å². The summed E-state index contributed by atoms with van der Waals surface area (Å²) >= 11 is 7.26. The van der Waals surface area contributed by atoms with Crippen molar-refractivity contribution in [3.05, 3.63) is 124 Å². The third-order valence-electron chi connectivity index (χ3n) is 7.73. The van der Waals surface area contributed by atoms with Crippen LogP contribution in [0.3, 0.4) is 0 Å². The molecule has 0 fully saturated rings. The summed E-state index contributed by atoms with van der Waals surface area (Å²) in [6.07, 6.45) is 26.6. The van der Waals surface area contributed by atoms with Crippen LogP contribution in [0, 0.1) is 13.3 Å². The van der Waals surface area contributed by atoms with Gasteiger partial charge in [-0.25, -0.2) is 18.4 Å². The maximum absolute atomic E-state index is 10.7. The number of alkyl halides is 3. The van der Waals surface area contributed by atoms with Gasteiger partial charge in [0.2, 0.25) is 0 Å². The molecule has 0 aromatic carbocycles. The fourth-order valence-corrected chi connectivity index (χ4v) is 4.81. The molecule has 0 atom stereocenters. The maximum Gasteiger partial charge on any atom is 0.0627 e. The predicted molar refractivity (Wildman–Crippen MR) is 231 cm³/mol. The van der Waals surface area contributed by atoms with Crippen LogP contribution < -0.4 is 19.9 Å². The Morgan fingerprint density at radius 2 is 0.938 bits per heavy atom. The van der Waals surface area contributed by atoms with Gasteiger partial charge in [-0.15, -0.1) is 0 Å². The quantitative estimate of drug-likeness (QED) is 0.0582. The zero-order valence-electron chi connectivity index (χ0n) is 35.0. The number of rotatable bonds is 10. The average molecular weight is 1460 g/mol. The molecule has 0 N–H and O–H groups in total. The molecule has 0 radical (unpaired) electrons. The smallest absolute Gasteiger partial charge is 0.0627 e. The molecule has 0 amide bonds. The SMILES string of the molecule is CCCCN1C=CN(C)[CH-]1.CCCCN1C=CN(C)[CH-]1.O=S(=O)([O-])C(F)(F)F.[Au+3].[Br][Ag].[Cl][Au].c1cc(-c2ncc[n-]2)nc(-c2ncc[n-]2)c1.c1cc(-c2ncc[n-]2)nc(-c2ncc[n-]2)c1. The summed E-state index contributed by atoms with van der Waals surface area (Å²) in [5.74, 6) is 2.48. The summed E-state index contributed by atoms with van der Waals surface area (Å²) in [5.41, 5.74) is -2.73. The van der Waals surface area contributed by atoms with Gasteiger partial charge in [0, 0.05) is 0 Å². The van der Waals surface area contributed by atoms with E-state index in [1.807, 2.05) is 50.5 Å². The van der Waals surface area contributed by atoms with Crippen molar-refractivity contribution in [1.82, 2.24) is 69.4 Å².